The fourth-order valence-corrected chi connectivity index (χ4v) is 0.496. The lowest BCUT2D eigenvalue weighted by molar-refractivity contribution is 1.26. The van der Waals surface area contributed by atoms with Crippen LogP contribution in [0.25, 0.3) is 0 Å². The van der Waals surface area contributed by atoms with E-state index in [0.29, 0.717) is 0 Å². The Morgan fingerprint density at radius 3 is 2.11 bits per heavy atom. The number of rotatable bonds is 2. The molecule has 0 aromatic heterocycles. The van der Waals surface area contributed by atoms with Gasteiger partial charge in [0.2, 0.25) is 0 Å². The zero-order chi connectivity index (χ0) is 7.28. The highest BCUT2D eigenvalue weighted by molar-refractivity contribution is 5.06. The van der Waals surface area contributed by atoms with E-state index in [1.54, 1.807) is 0 Å². The third-order valence-corrected chi connectivity index (χ3v) is 0.992. The molecule has 0 aliphatic heterocycles. The number of allylic oxidation sites excluding steroid dienone is 4. The van der Waals surface area contributed by atoms with Gasteiger partial charge in [0.25, 0.3) is 0 Å². The summed E-state index contributed by atoms with van der Waals surface area (Å²) in [5.74, 6) is 0. The van der Waals surface area contributed by atoms with E-state index in [1.165, 1.54) is 5.57 Å². The highest BCUT2D eigenvalue weighted by Crippen LogP contribution is 1.96. The van der Waals surface area contributed by atoms with Crippen LogP contribution in [0.1, 0.15) is 27.2 Å². The maximum atomic E-state index is 3.77. The quantitative estimate of drug-likeness (QED) is 0.495. The van der Waals surface area contributed by atoms with Gasteiger partial charge in [0.15, 0.2) is 0 Å². The zero-order valence-corrected chi connectivity index (χ0v) is 6.57. The molecule has 1 radical (unpaired) electrons. The maximum absolute atomic E-state index is 3.77. The molecule has 0 unspecified atom stereocenters. The second-order valence-electron chi connectivity index (χ2n) is 2.57. The van der Waals surface area contributed by atoms with Gasteiger partial charge in [0.05, 0.1) is 0 Å². The number of hydrogen-bond donors (Lipinski definition) is 0. The topological polar surface area (TPSA) is 0 Å². The highest BCUT2D eigenvalue weighted by Gasteiger charge is 1.76. The molecule has 0 heteroatoms. The molecule has 0 nitrogen and oxygen atoms in total. The third kappa shape index (κ3) is 7.48. The second kappa shape index (κ2) is 4.37. The molecule has 0 bridgehead atoms. The van der Waals surface area contributed by atoms with Crippen molar-refractivity contribution in [2.24, 2.45) is 0 Å². The van der Waals surface area contributed by atoms with Gasteiger partial charge in [-0.05, 0) is 34.1 Å². The lowest BCUT2D eigenvalue weighted by atomic mass is 10.2. The van der Waals surface area contributed by atoms with E-state index >= 15 is 0 Å². The first-order valence-electron chi connectivity index (χ1n) is 3.25. The first-order valence-corrected chi connectivity index (χ1v) is 3.25. The fourth-order valence-electron chi connectivity index (χ4n) is 0.496. The van der Waals surface area contributed by atoms with Crippen molar-refractivity contribution in [3.63, 3.8) is 0 Å². The van der Waals surface area contributed by atoms with Crippen molar-refractivity contribution in [1.29, 1.82) is 0 Å². The molecule has 0 saturated heterocycles. The van der Waals surface area contributed by atoms with Gasteiger partial charge in [0.1, 0.15) is 0 Å². The molecule has 0 fully saturated rings. The Labute approximate surface area is 58.3 Å². The highest BCUT2D eigenvalue weighted by atomic mass is 13.8. The normalized spacial score (nSPS) is 11.3. The zero-order valence-electron chi connectivity index (χ0n) is 6.57. The van der Waals surface area contributed by atoms with Crippen molar-refractivity contribution in [2.75, 3.05) is 0 Å². The van der Waals surface area contributed by atoms with Crippen molar-refractivity contribution in [3.05, 3.63) is 30.2 Å². The van der Waals surface area contributed by atoms with Crippen LogP contribution in [0, 0.1) is 6.92 Å². The second-order valence-corrected chi connectivity index (χ2v) is 2.57. The van der Waals surface area contributed by atoms with Crippen molar-refractivity contribution < 1.29 is 0 Å². The summed E-state index contributed by atoms with van der Waals surface area (Å²) in [6.45, 7) is 9.99. The minimum absolute atomic E-state index is 1.03. The summed E-state index contributed by atoms with van der Waals surface area (Å²) in [4.78, 5) is 0. The van der Waals surface area contributed by atoms with Crippen LogP contribution in [0.2, 0.25) is 0 Å². The minimum atomic E-state index is 1.03. The van der Waals surface area contributed by atoms with Crippen molar-refractivity contribution in [1.82, 2.24) is 0 Å². The molecule has 0 amide bonds. The van der Waals surface area contributed by atoms with Crippen LogP contribution in [0.5, 0.6) is 0 Å². The monoisotopic (exact) mass is 123 g/mol. The van der Waals surface area contributed by atoms with Crippen LogP contribution in [0.15, 0.2) is 23.3 Å². The van der Waals surface area contributed by atoms with Crippen LogP contribution in [0.3, 0.4) is 0 Å². The lowest BCUT2D eigenvalue weighted by Crippen LogP contribution is -1.66. The molecule has 0 aliphatic carbocycles. The predicted molar refractivity (Wildman–Crippen MR) is 43.2 cm³/mol. The summed E-state index contributed by atoms with van der Waals surface area (Å²) in [6, 6.07) is 0. The maximum Gasteiger partial charge on any atom is -0.0164 e. The minimum Gasteiger partial charge on any atom is -0.0821 e. The Morgan fingerprint density at radius 1 is 1.22 bits per heavy atom. The van der Waals surface area contributed by atoms with Crippen LogP contribution in [0.4, 0.5) is 0 Å². The average molecular weight is 123 g/mol. The lowest BCUT2D eigenvalue weighted by Gasteiger charge is -1.87. The standard InChI is InChI=1S/C9H15/c1-8(2)6-5-7-9(3)4/h6-7H,1,5H2,2-4H3. The smallest absolute Gasteiger partial charge is 0.0164 e. The van der Waals surface area contributed by atoms with Gasteiger partial charge in [-0.25, -0.2) is 0 Å². The molecule has 9 heavy (non-hydrogen) atoms. The largest absolute Gasteiger partial charge is 0.0821 e. The van der Waals surface area contributed by atoms with Gasteiger partial charge >= 0.3 is 0 Å². The molecular weight excluding hydrogens is 108 g/mol. The molecule has 51 valence electrons. The van der Waals surface area contributed by atoms with E-state index in [1.807, 2.05) is 6.92 Å². The van der Waals surface area contributed by atoms with Crippen molar-refractivity contribution in [2.45, 2.75) is 27.2 Å². The summed E-state index contributed by atoms with van der Waals surface area (Å²) in [7, 11) is 0. The fraction of sp³-hybridized carbons (Fsp3) is 0.444. The van der Waals surface area contributed by atoms with E-state index in [4.69, 9.17) is 0 Å². The summed E-state index contributed by atoms with van der Waals surface area (Å²) in [5, 5.41) is 0. The van der Waals surface area contributed by atoms with E-state index in [9.17, 15) is 0 Å². The summed E-state index contributed by atoms with van der Waals surface area (Å²) in [6.07, 6.45) is 5.33. The first-order chi connectivity index (χ1) is 4.13. The predicted octanol–water partition coefficient (Wildman–Crippen LogP) is 3.12. The van der Waals surface area contributed by atoms with E-state index in [2.05, 4.69) is 32.9 Å². The van der Waals surface area contributed by atoms with E-state index < -0.39 is 0 Å². The van der Waals surface area contributed by atoms with Gasteiger partial charge in [-0.1, -0.05) is 23.3 Å². The molecule has 0 saturated carbocycles. The molecule has 0 atom stereocenters. The Balaban J connectivity index is 3.53. The Kier molecular flexibility index (Phi) is 4.12. The first kappa shape index (κ1) is 8.48. The molecule has 0 rings (SSSR count). The van der Waals surface area contributed by atoms with Crippen LogP contribution in [-0.2, 0) is 0 Å². The molecule has 0 aliphatic rings. The van der Waals surface area contributed by atoms with Crippen molar-refractivity contribution in [3.8, 4) is 0 Å². The Hall–Kier alpha value is -0.520. The summed E-state index contributed by atoms with van der Waals surface area (Å²) < 4.78 is 0. The Morgan fingerprint density at radius 2 is 1.78 bits per heavy atom. The van der Waals surface area contributed by atoms with Gasteiger partial charge in [-0.2, -0.15) is 0 Å². The van der Waals surface area contributed by atoms with Crippen LogP contribution >= 0.6 is 0 Å². The Bertz CT molecular complexity index is 103. The van der Waals surface area contributed by atoms with Crippen molar-refractivity contribution >= 4 is 0 Å². The molecule has 0 N–H and O–H groups in total. The van der Waals surface area contributed by atoms with Crippen LogP contribution in [-0.4, -0.2) is 0 Å². The summed E-state index contributed by atoms with van der Waals surface area (Å²) in [5.41, 5.74) is 2.51. The van der Waals surface area contributed by atoms with Gasteiger partial charge in [-0.15, -0.1) is 0 Å². The SMILES string of the molecule is [CH2]C(C)=CCC=C(C)C. The molecular formula is C9H15. The van der Waals surface area contributed by atoms with Gasteiger partial charge in [-0.3, -0.25) is 0 Å². The van der Waals surface area contributed by atoms with Gasteiger partial charge < -0.3 is 0 Å². The van der Waals surface area contributed by atoms with E-state index in [-0.39, 0.29) is 0 Å². The van der Waals surface area contributed by atoms with Gasteiger partial charge in [0, 0.05) is 0 Å². The van der Waals surface area contributed by atoms with Crippen LogP contribution < -0.4 is 0 Å². The molecule has 0 spiro atoms. The average Bonchev–Trinajstić information content (AvgIpc) is 1.63. The third-order valence-electron chi connectivity index (χ3n) is 0.992. The molecule has 0 aromatic rings. The summed E-state index contributed by atoms with van der Waals surface area (Å²) >= 11 is 0. The molecule has 0 aromatic carbocycles. The van der Waals surface area contributed by atoms with E-state index in [0.717, 1.165) is 12.0 Å². The molecule has 0 heterocycles. The number of hydrogen-bond acceptors (Lipinski definition) is 0.